The van der Waals surface area contributed by atoms with Gasteiger partial charge in [0.15, 0.2) is 0 Å². The predicted octanol–water partition coefficient (Wildman–Crippen LogP) is 2.10. The lowest BCUT2D eigenvalue weighted by molar-refractivity contribution is -0.127. The molecule has 0 radical (unpaired) electrons. The van der Waals surface area contributed by atoms with Crippen molar-refractivity contribution in [1.82, 2.24) is 10.2 Å². The Hall–Kier alpha value is -1.35. The Balaban J connectivity index is 1.90. The number of likely N-dealkylation sites (N-methyl/N-ethyl adjacent to an activating group) is 1. The van der Waals surface area contributed by atoms with E-state index in [0.717, 1.165) is 19.4 Å². The van der Waals surface area contributed by atoms with E-state index in [2.05, 4.69) is 29.3 Å². The van der Waals surface area contributed by atoms with Crippen molar-refractivity contribution in [3.8, 4) is 0 Å². The van der Waals surface area contributed by atoms with Crippen molar-refractivity contribution >= 4 is 5.91 Å². The largest absolute Gasteiger partial charge is 0.351 e. The highest BCUT2D eigenvalue weighted by atomic mass is 16.2. The van der Waals surface area contributed by atoms with Gasteiger partial charge in [-0.05, 0) is 44.5 Å². The van der Waals surface area contributed by atoms with Gasteiger partial charge in [0.1, 0.15) is 0 Å². The Kier molecular flexibility index (Phi) is 4.37. The third kappa shape index (κ3) is 3.10. The zero-order valence-corrected chi connectivity index (χ0v) is 11.3. The molecule has 1 saturated heterocycles. The van der Waals surface area contributed by atoms with E-state index in [9.17, 15) is 4.79 Å². The van der Waals surface area contributed by atoms with E-state index in [0.29, 0.717) is 6.54 Å². The Bertz CT molecular complexity index is 417. The average molecular weight is 246 g/mol. The van der Waals surface area contributed by atoms with Gasteiger partial charge < -0.3 is 5.32 Å². The van der Waals surface area contributed by atoms with E-state index in [4.69, 9.17) is 0 Å². The van der Waals surface area contributed by atoms with Crippen molar-refractivity contribution < 1.29 is 4.79 Å². The Morgan fingerprint density at radius 2 is 2.17 bits per heavy atom. The second kappa shape index (κ2) is 6.01. The van der Waals surface area contributed by atoms with Gasteiger partial charge in [-0.1, -0.05) is 30.7 Å². The number of carbonyl (C=O) groups is 1. The van der Waals surface area contributed by atoms with Gasteiger partial charge in [-0.15, -0.1) is 0 Å². The van der Waals surface area contributed by atoms with Crippen molar-refractivity contribution in [2.75, 3.05) is 13.6 Å². The number of nitrogens with zero attached hydrogens (tertiary/aromatic N) is 1. The molecule has 1 N–H and O–H groups in total. The summed E-state index contributed by atoms with van der Waals surface area (Å²) in [7, 11) is 2.04. The lowest BCUT2D eigenvalue weighted by Gasteiger charge is -2.31. The zero-order valence-electron chi connectivity index (χ0n) is 11.3. The van der Waals surface area contributed by atoms with Gasteiger partial charge in [0.25, 0.3) is 0 Å². The standard InChI is InChI=1S/C15H22N2O/c1-12-7-3-4-8-13(12)11-16-15(18)14-9-5-6-10-17(14)2/h3-4,7-8,14H,5-6,9-11H2,1-2H3,(H,16,18). The molecular weight excluding hydrogens is 224 g/mol. The summed E-state index contributed by atoms with van der Waals surface area (Å²) in [5.41, 5.74) is 2.43. The van der Waals surface area contributed by atoms with Crippen molar-refractivity contribution in [2.24, 2.45) is 0 Å². The molecule has 2 rings (SSSR count). The maximum atomic E-state index is 12.1. The quantitative estimate of drug-likeness (QED) is 0.885. The van der Waals surface area contributed by atoms with E-state index in [1.54, 1.807) is 0 Å². The SMILES string of the molecule is Cc1ccccc1CNC(=O)C1CCCCN1C. The van der Waals surface area contributed by atoms with Crippen LogP contribution >= 0.6 is 0 Å². The van der Waals surface area contributed by atoms with Crippen LogP contribution in [-0.2, 0) is 11.3 Å². The molecule has 0 aromatic heterocycles. The third-order valence-electron chi connectivity index (χ3n) is 3.79. The van der Waals surface area contributed by atoms with Crippen LogP contribution in [0.1, 0.15) is 30.4 Å². The maximum Gasteiger partial charge on any atom is 0.237 e. The number of benzene rings is 1. The fourth-order valence-corrected chi connectivity index (χ4v) is 2.51. The molecule has 1 aromatic rings. The molecule has 0 bridgehead atoms. The van der Waals surface area contributed by atoms with Crippen LogP contribution in [0, 0.1) is 6.92 Å². The van der Waals surface area contributed by atoms with Gasteiger partial charge in [-0.2, -0.15) is 0 Å². The van der Waals surface area contributed by atoms with Gasteiger partial charge in [0, 0.05) is 6.54 Å². The lowest BCUT2D eigenvalue weighted by Crippen LogP contribution is -2.47. The first-order valence-corrected chi connectivity index (χ1v) is 6.71. The van der Waals surface area contributed by atoms with Crippen LogP contribution in [0.15, 0.2) is 24.3 Å². The van der Waals surface area contributed by atoms with Gasteiger partial charge in [0.05, 0.1) is 6.04 Å². The number of aryl methyl sites for hydroxylation is 1. The summed E-state index contributed by atoms with van der Waals surface area (Å²) in [6, 6.07) is 8.24. The minimum absolute atomic E-state index is 0.0581. The second-order valence-electron chi connectivity index (χ2n) is 5.14. The predicted molar refractivity (Wildman–Crippen MR) is 73.3 cm³/mol. The third-order valence-corrected chi connectivity index (χ3v) is 3.79. The molecule has 3 nitrogen and oxygen atoms in total. The van der Waals surface area contributed by atoms with Gasteiger partial charge in [-0.25, -0.2) is 0 Å². The molecule has 1 heterocycles. The molecule has 1 fully saturated rings. The van der Waals surface area contributed by atoms with Crippen LogP contribution in [0.2, 0.25) is 0 Å². The van der Waals surface area contributed by atoms with Crippen LogP contribution < -0.4 is 5.32 Å². The minimum Gasteiger partial charge on any atom is -0.351 e. The fraction of sp³-hybridized carbons (Fsp3) is 0.533. The molecule has 18 heavy (non-hydrogen) atoms. The molecule has 0 spiro atoms. The molecule has 0 aliphatic carbocycles. The van der Waals surface area contributed by atoms with E-state index in [1.807, 2.05) is 19.2 Å². The van der Waals surface area contributed by atoms with E-state index < -0.39 is 0 Å². The van der Waals surface area contributed by atoms with Gasteiger partial charge >= 0.3 is 0 Å². The number of rotatable bonds is 3. The highest BCUT2D eigenvalue weighted by Gasteiger charge is 2.25. The first-order valence-electron chi connectivity index (χ1n) is 6.71. The summed E-state index contributed by atoms with van der Waals surface area (Å²) in [5.74, 6) is 0.167. The molecule has 1 aliphatic rings. The number of piperidine rings is 1. The van der Waals surface area contributed by atoms with Crippen LogP contribution in [-0.4, -0.2) is 30.4 Å². The zero-order chi connectivity index (χ0) is 13.0. The first-order chi connectivity index (χ1) is 8.68. The Labute approximate surface area is 109 Å². The number of likely N-dealkylation sites (tertiary alicyclic amines) is 1. The molecule has 1 aliphatic heterocycles. The number of carbonyl (C=O) groups excluding carboxylic acids is 1. The number of hydrogen-bond donors (Lipinski definition) is 1. The van der Waals surface area contributed by atoms with E-state index in [1.165, 1.54) is 17.5 Å². The molecule has 3 heteroatoms. The molecule has 1 atom stereocenters. The van der Waals surface area contributed by atoms with Crippen molar-refractivity contribution in [3.63, 3.8) is 0 Å². The van der Waals surface area contributed by atoms with Crippen LogP contribution in [0.5, 0.6) is 0 Å². The Morgan fingerprint density at radius 1 is 1.39 bits per heavy atom. The van der Waals surface area contributed by atoms with E-state index in [-0.39, 0.29) is 11.9 Å². The highest BCUT2D eigenvalue weighted by molar-refractivity contribution is 5.81. The van der Waals surface area contributed by atoms with Crippen molar-refractivity contribution in [3.05, 3.63) is 35.4 Å². The number of amides is 1. The molecule has 1 unspecified atom stereocenters. The van der Waals surface area contributed by atoms with Gasteiger partial charge in [-0.3, -0.25) is 9.69 Å². The van der Waals surface area contributed by atoms with Crippen LogP contribution in [0.4, 0.5) is 0 Å². The molecule has 1 aromatic carbocycles. The summed E-state index contributed by atoms with van der Waals surface area (Å²) in [5, 5.41) is 3.06. The Morgan fingerprint density at radius 3 is 2.89 bits per heavy atom. The summed E-state index contributed by atoms with van der Waals surface area (Å²) in [6.07, 6.45) is 3.35. The molecule has 98 valence electrons. The summed E-state index contributed by atoms with van der Waals surface area (Å²) in [4.78, 5) is 14.3. The van der Waals surface area contributed by atoms with Crippen LogP contribution in [0.25, 0.3) is 0 Å². The normalized spacial score (nSPS) is 20.7. The summed E-state index contributed by atoms with van der Waals surface area (Å²) < 4.78 is 0. The monoisotopic (exact) mass is 246 g/mol. The van der Waals surface area contributed by atoms with Gasteiger partial charge in [0.2, 0.25) is 5.91 Å². The molecular formula is C15H22N2O. The molecule has 1 amide bonds. The number of nitrogens with one attached hydrogen (secondary N) is 1. The highest BCUT2D eigenvalue weighted by Crippen LogP contribution is 2.15. The summed E-state index contributed by atoms with van der Waals surface area (Å²) in [6.45, 7) is 3.74. The second-order valence-corrected chi connectivity index (χ2v) is 5.14. The molecule has 0 saturated carbocycles. The fourth-order valence-electron chi connectivity index (χ4n) is 2.51. The van der Waals surface area contributed by atoms with Crippen molar-refractivity contribution in [2.45, 2.75) is 38.8 Å². The number of hydrogen-bond acceptors (Lipinski definition) is 2. The minimum atomic E-state index is 0.0581. The van der Waals surface area contributed by atoms with E-state index >= 15 is 0 Å². The lowest BCUT2D eigenvalue weighted by atomic mass is 10.0. The van der Waals surface area contributed by atoms with Crippen LogP contribution in [0.3, 0.4) is 0 Å². The maximum absolute atomic E-state index is 12.1. The van der Waals surface area contributed by atoms with Crippen molar-refractivity contribution in [1.29, 1.82) is 0 Å². The average Bonchev–Trinajstić information content (AvgIpc) is 2.38. The first kappa shape index (κ1) is 13.1. The topological polar surface area (TPSA) is 32.3 Å². The summed E-state index contributed by atoms with van der Waals surface area (Å²) >= 11 is 0. The smallest absolute Gasteiger partial charge is 0.237 e.